The predicted molar refractivity (Wildman–Crippen MR) is 225 cm³/mol. The summed E-state index contributed by atoms with van der Waals surface area (Å²) in [7, 11) is 0. The molecule has 6 aromatic carbocycles. The number of hydrogen-bond acceptors (Lipinski definition) is 2. The average Bonchev–Trinajstić information content (AvgIpc) is 3.55. The Balaban J connectivity index is 1.01. The number of allylic oxidation sites excluding steroid dienone is 1. The molecule has 0 fully saturated rings. The van der Waals surface area contributed by atoms with Crippen LogP contribution in [0.25, 0.3) is 49.9 Å². The lowest BCUT2D eigenvalue weighted by Crippen LogP contribution is -2.11. The molecule has 1 aliphatic rings. The van der Waals surface area contributed by atoms with Crippen molar-refractivity contribution in [2.24, 2.45) is 4.99 Å². The Morgan fingerprint density at radius 1 is 0.596 bits per heavy atom. The van der Waals surface area contributed by atoms with E-state index in [1.54, 1.807) is 0 Å². The highest BCUT2D eigenvalue weighted by Gasteiger charge is 2.20. The van der Waals surface area contributed by atoms with Gasteiger partial charge >= 0.3 is 0 Å². The van der Waals surface area contributed by atoms with Crippen LogP contribution in [0.15, 0.2) is 187 Å². The molecule has 1 atom stereocenters. The van der Waals surface area contributed by atoms with Crippen molar-refractivity contribution in [3.05, 3.63) is 202 Å². The molecule has 0 saturated carbocycles. The summed E-state index contributed by atoms with van der Waals surface area (Å²) in [5, 5.41) is 2.37. The van der Waals surface area contributed by atoms with E-state index in [2.05, 4.69) is 191 Å². The molecular formula is C48H36IN3. The molecule has 9 rings (SSSR count). The van der Waals surface area contributed by atoms with Crippen molar-refractivity contribution in [1.82, 2.24) is 9.55 Å². The molecule has 0 spiro atoms. The van der Waals surface area contributed by atoms with Crippen molar-refractivity contribution in [1.29, 1.82) is 0 Å². The maximum Gasteiger partial charge on any atom is 0.145 e. The Morgan fingerprint density at radius 2 is 1.31 bits per heavy atom. The number of aromatic nitrogens is 2. The third-order valence-electron chi connectivity index (χ3n) is 10.2. The van der Waals surface area contributed by atoms with Gasteiger partial charge in [0.1, 0.15) is 5.65 Å². The van der Waals surface area contributed by atoms with Gasteiger partial charge in [-0.1, -0.05) is 127 Å². The Bertz CT molecular complexity index is 2600. The monoisotopic (exact) mass is 781 g/mol. The molecule has 1 aliphatic heterocycles. The maximum absolute atomic E-state index is 5.22. The molecule has 3 nitrogen and oxygen atoms in total. The molecule has 1 unspecified atom stereocenters. The normalized spacial score (nSPS) is 14.4. The molecule has 3 heterocycles. The summed E-state index contributed by atoms with van der Waals surface area (Å²) in [5.74, 6) is 0. The molecule has 2 aromatic heterocycles. The van der Waals surface area contributed by atoms with Gasteiger partial charge in [0.05, 0.1) is 17.3 Å². The van der Waals surface area contributed by atoms with E-state index in [1.165, 1.54) is 53.5 Å². The van der Waals surface area contributed by atoms with Crippen molar-refractivity contribution in [2.45, 2.75) is 25.3 Å². The highest BCUT2D eigenvalue weighted by atomic mass is 127. The lowest BCUT2D eigenvalue weighted by Gasteiger charge is -2.22. The molecule has 8 aromatic rings. The Labute approximate surface area is 318 Å². The fourth-order valence-electron chi connectivity index (χ4n) is 7.63. The smallest absolute Gasteiger partial charge is 0.145 e. The molecule has 0 N–H and O–H groups in total. The van der Waals surface area contributed by atoms with Crippen LogP contribution in [0, 0.1) is 3.57 Å². The highest BCUT2D eigenvalue weighted by molar-refractivity contribution is 14.1. The molecule has 52 heavy (non-hydrogen) atoms. The Morgan fingerprint density at radius 3 is 2.12 bits per heavy atom. The highest BCUT2D eigenvalue weighted by Crippen LogP contribution is 2.38. The molecule has 250 valence electrons. The SMILES string of the molecule is Ic1cc(-c2ccc3c(c2)c2cccnc2n3-c2ccccc2)ccc1-c1ccccc1CCC1=CC(c2ccccc2)=NC(c2ccccc2)C1. The number of para-hydroxylation sites is 1. The summed E-state index contributed by atoms with van der Waals surface area (Å²) >= 11 is 2.53. The predicted octanol–water partition coefficient (Wildman–Crippen LogP) is 12.6. The van der Waals surface area contributed by atoms with Gasteiger partial charge in [-0.25, -0.2) is 4.98 Å². The van der Waals surface area contributed by atoms with Gasteiger partial charge in [-0.05, 0) is 129 Å². The van der Waals surface area contributed by atoms with Crippen LogP contribution in [0.1, 0.15) is 35.6 Å². The van der Waals surface area contributed by atoms with E-state index in [9.17, 15) is 0 Å². The summed E-state index contributed by atoms with van der Waals surface area (Å²) in [6, 6.07) is 58.8. The first-order valence-corrected chi connectivity index (χ1v) is 19.0. The van der Waals surface area contributed by atoms with Crippen molar-refractivity contribution in [2.75, 3.05) is 0 Å². The first kappa shape index (κ1) is 32.3. The van der Waals surface area contributed by atoms with E-state index in [0.29, 0.717) is 0 Å². The fourth-order valence-corrected chi connectivity index (χ4v) is 8.44. The van der Waals surface area contributed by atoms with Crippen molar-refractivity contribution >= 4 is 50.2 Å². The van der Waals surface area contributed by atoms with E-state index in [-0.39, 0.29) is 6.04 Å². The lowest BCUT2D eigenvalue weighted by molar-refractivity contribution is 0.682. The molecule has 0 saturated heterocycles. The largest absolute Gasteiger partial charge is 0.294 e. The fraction of sp³-hybridized carbons (Fsp3) is 0.0833. The molecule has 0 aliphatic carbocycles. The number of benzene rings is 6. The van der Waals surface area contributed by atoms with Crippen LogP contribution in [0.3, 0.4) is 0 Å². The van der Waals surface area contributed by atoms with Crippen LogP contribution in [0.4, 0.5) is 0 Å². The summed E-state index contributed by atoms with van der Waals surface area (Å²) in [6.07, 6.45) is 7.12. The van der Waals surface area contributed by atoms with Crippen LogP contribution in [0.5, 0.6) is 0 Å². The number of aliphatic imine (C=N–C) groups is 1. The van der Waals surface area contributed by atoms with Gasteiger partial charge in [0, 0.05) is 26.2 Å². The summed E-state index contributed by atoms with van der Waals surface area (Å²) < 4.78 is 3.51. The third kappa shape index (κ3) is 6.28. The van der Waals surface area contributed by atoms with E-state index >= 15 is 0 Å². The number of aryl methyl sites for hydroxylation is 1. The van der Waals surface area contributed by atoms with Crippen LogP contribution in [-0.4, -0.2) is 15.3 Å². The standard InChI is InChI=1S/C48H36IN3/c49-44-32-38(37-25-27-47-43(31-37)42-21-12-28-50-48(42)52(47)39-18-8-3-9-19-39)24-26-41(44)40-20-11-10-13-34(40)23-22-33-29-45(35-14-4-1-5-15-35)51-46(30-33)36-16-6-2-7-17-36/h1-21,24-29,31-32,46H,22-23,30H2. The first-order valence-electron chi connectivity index (χ1n) is 17.9. The van der Waals surface area contributed by atoms with Gasteiger partial charge in [-0.3, -0.25) is 9.56 Å². The number of rotatable bonds is 8. The van der Waals surface area contributed by atoms with E-state index in [4.69, 9.17) is 9.98 Å². The molecule has 4 heteroatoms. The quantitative estimate of drug-likeness (QED) is 0.141. The number of nitrogens with zero attached hydrogens (tertiary/aromatic N) is 3. The van der Waals surface area contributed by atoms with Crippen LogP contribution < -0.4 is 0 Å². The number of fused-ring (bicyclic) bond motifs is 3. The third-order valence-corrected chi connectivity index (χ3v) is 11.1. The van der Waals surface area contributed by atoms with Gasteiger partial charge < -0.3 is 0 Å². The summed E-state index contributed by atoms with van der Waals surface area (Å²) in [4.78, 5) is 10.0. The Kier molecular flexibility index (Phi) is 8.83. The molecule has 0 amide bonds. The van der Waals surface area contributed by atoms with Crippen LogP contribution >= 0.6 is 22.6 Å². The maximum atomic E-state index is 5.22. The van der Waals surface area contributed by atoms with Crippen molar-refractivity contribution < 1.29 is 0 Å². The van der Waals surface area contributed by atoms with E-state index < -0.39 is 0 Å². The summed E-state index contributed by atoms with van der Waals surface area (Å²) in [5.41, 5.74) is 14.6. The topological polar surface area (TPSA) is 30.2 Å². The zero-order chi connectivity index (χ0) is 34.9. The van der Waals surface area contributed by atoms with Crippen molar-refractivity contribution in [3.63, 3.8) is 0 Å². The Hall–Kier alpha value is -5.59. The van der Waals surface area contributed by atoms with Gasteiger partial charge in [0.2, 0.25) is 0 Å². The van der Waals surface area contributed by atoms with Crippen LogP contribution in [0.2, 0.25) is 0 Å². The van der Waals surface area contributed by atoms with Gasteiger partial charge in [-0.15, -0.1) is 0 Å². The number of pyridine rings is 1. The molecule has 0 radical (unpaired) electrons. The van der Waals surface area contributed by atoms with E-state index in [0.717, 1.165) is 47.2 Å². The number of hydrogen-bond donors (Lipinski definition) is 0. The number of halogens is 1. The zero-order valence-electron chi connectivity index (χ0n) is 28.7. The van der Waals surface area contributed by atoms with Gasteiger partial charge in [0.25, 0.3) is 0 Å². The zero-order valence-corrected chi connectivity index (χ0v) is 30.8. The minimum Gasteiger partial charge on any atom is -0.294 e. The summed E-state index contributed by atoms with van der Waals surface area (Å²) in [6.45, 7) is 0. The number of dihydropyridines is 1. The second-order valence-electron chi connectivity index (χ2n) is 13.4. The molecule has 0 bridgehead atoms. The second-order valence-corrected chi connectivity index (χ2v) is 14.6. The van der Waals surface area contributed by atoms with Crippen molar-refractivity contribution in [3.8, 4) is 27.9 Å². The van der Waals surface area contributed by atoms with Gasteiger partial charge in [0.15, 0.2) is 0 Å². The second kappa shape index (κ2) is 14.2. The van der Waals surface area contributed by atoms with E-state index in [1.807, 2.05) is 12.3 Å². The first-order chi connectivity index (χ1) is 25.7. The average molecular weight is 782 g/mol. The van der Waals surface area contributed by atoms with Crippen LogP contribution in [-0.2, 0) is 6.42 Å². The molecular weight excluding hydrogens is 745 g/mol. The lowest BCUT2D eigenvalue weighted by atomic mass is 9.89. The minimum atomic E-state index is 0.130. The minimum absolute atomic E-state index is 0.130. The van der Waals surface area contributed by atoms with Gasteiger partial charge in [-0.2, -0.15) is 0 Å².